The van der Waals surface area contributed by atoms with E-state index in [1.165, 1.54) is 16.7 Å². The van der Waals surface area contributed by atoms with Crippen LogP contribution in [0.1, 0.15) is 35.6 Å². The third-order valence-corrected chi connectivity index (χ3v) is 3.25. The van der Waals surface area contributed by atoms with Crippen molar-refractivity contribution in [2.75, 3.05) is 6.54 Å². The third-order valence-electron chi connectivity index (χ3n) is 3.25. The Bertz CT molecular complexity index is 346. The van der Waals surface area contributed by atoms with Gasteiger partial charge in [0, 0.05) is 12.1 Å². The fourth-order valence-corrected chi connectivity index (χ4v) is 2.40. The third kappa shape index (κ3) is 2.39. The summed E-state index contributed by atoms with van der Waals surface area (Å²) in [6, 6.07) is 7.48. The number of piperidine rings is 1. The van der Waals surface area contributed by atoms with Crippen molar-refractivity contribution in [1.82, 2.24) is 5.32 Å². The molecular weight excluding hydrogens is 184 g/mol. The largest absolute Gasteiger partial charge is 0.328 e. The second kappa shape index (κ2) is 4.33. The number of hydrogen-bond donors (Lipinski definition) is 2. The quantitative estimate of drug-likeness (QED) is 0.735. The highest BCUT2D eigenvalue weighted by atomic mass is 14.9. The minimum Gasteiger partial charge on any atom is -0.328 e. The fraction of sp³-hybridized carbons (Fsp3) is 0.538. The van der Waals surface area contributed by atoms with E-state index >= 15 is 0 Å². The number of hydrogen-bond acceptors (Lipinski definition) is 2. The van der Waals surface area contributed by atoms with Crippen molar-refractivity contribution in [3.63, 3.8) is 0 Å². The van der Waals surface area contributed by atoms with Gasteiger partial charge in [0.2, 0.25) is 0 Å². The summed E-state index contributed by atoms with van der Waals surface area (Å²) < 4.78 is 0. The van der Waals surface area contributed by atoms with Crippen LogP contribution in [0.15, 0.2) is 18.2 Å². The molecule has 0 aromatic heterocycles. The molecule has 1 aliphatic rings. The van der Waals surface area contributed by atoms with Crippen molar-refractivity contribution in [3.8, 4) is 0 Å². The Morgan fingerprint density at radius 2 is 2.13 bits per heavy atom. The molecule has 2 unspecified atom stereocenters. The van der Waals surface area contributed by atoms with E-state index in [0.717, 1.165) is 19.4 Å². The summed E-state index contributed by atoms with van der Waals surface area (Å²) in [6.45, 7) is 5.36. The molecular formula is C13H20N2. The first-order chi connectivity index (χ1) is 7.16. The van der Waals surface area contributed by atoms with Gasteiger partial charge in [-0.25, -0.2) is 0 Å². The van der Waals surface area contributed by atoms with E-state index in [-0.39, 0.29) is 0 Å². The van der Waals surface area contributed by atoms with Crippen LogP contribution in [-0.2, 0) is 0 Å². The topological polar surface area (TPSA) is 38.0 Å². The van der Waals surface area contributed by atoms with Gasteiger partial charge in [0.1, 0.15) is 0 Å². The van der Waals surface area contributed by atoms with E-state index in [4.69, 9.17) is 5.73 Å². The van der Waals surface area contributed by atoms with Crippen LogP contribution in [0.5, 0.6) is 0 Å². The van der Waals surface area contributed by atoms with Gasteiger partial charge in [0.25, 0.3) is 0 Å². The van der Waals surface area contributed by atoms with E-state index in [1.54, 1.807) is 0 Å². The van der Waals surface area contributed by atoms with Crippen LogP contribution in [0, 0.1) is 13.8 Å². The van der Waals surface area contributed by atoms with E-state index < -0.39 is 0 Å². The molecule has 0 spiro atoms. The summed E-state index contributed by atoms with van der Waals surface area (Å²) in [7, 11) is 0. The Morgan fingerprint density at radius 1 is 1.33 bits per heavy atom. The van der Waals surface area contributed by atoms with E-state index in [1.807, 2.05) is 0 Å². The van der Waals surface area contributed by atoms with Crippen LogP contribution in [0.3, 0.4) is 0 Å². The minimum atomic E-state index is 0.358. The summed E-state index contributed by atoms with van der Waals surface area (Å²) in [5.41, 5.74) is 10.1. The van der Waals surface area contributed by atoms with Gasteiger partial charge in [0.15, 0.2) is 0 Å². The molecule has 82 valence electrons. The molecule has 2 heteroatoms. The van der Waals surface area contributed by atoms with Crippen LogP contribution in [0.25, 0.3) is 0 Å². The standard InChI is InChI=1S/C13H20N2/c1-9-3-4-12(10(2)7-9)13-8-11(14)5-6-15-13/h3-4,7,11,13,15H,5-6,8,14H2,1-2H3. The monoisotopic (exact) mass is 204 g/mol. The molecule has 1 aromatic rings. The molecule has 1 heterocycles. The molecule has 1 saturated heterocycles. The molecule has 2 nitrogen and oxygen atoms in total. The zero-order valence-electron chi connectivity index (χ0n) is 9.59. The Labute approximate surface area is 91.9 Å². The first-order valence-corrected chi connectivity index (χ1v) is 5.73. The highest BCUT2D eigenvalue weighted by Crippen LogP contribution is 2.25. The molecule has 0 aliphatic carbocycles. The molecule has 2 atom stereocenters. The fourth-order valence-electron chi connectivity index (χ4n) is 2.40. The predicted octanol–water partition coefficient (Wildman–Crippen LogP) is 2.06. The van der Waals surface area contributed by atoms with E-state index in [9.17, 15) is 0 Å². The summed E-state index contributed by atoms with van der Waals surface area (Å²) in [6.07, 6.45) is 2.16. The van der Waals surface area contributed by atoms with Gasteiger partial charge >= 0.3 is 0 Å². The lowest BCUT2D eigenvalue weighted by atomic mass is 9.91. The molecule has 1 aromatic carbocycles. The summed E-state index contributed by atoms with van der Waals surface area (Å²) in [5, 5.41) is 3.55. The van der Waals surface area contributed by atoms with Gasteiger partial charge in [-0.3, -0.25) is 0 Å². The van der Waals surface area contributed by atoms with Crippen LogP contribution >= 0.6 is 0 Å². The lowest BCUT2D eigenvalue weighted by Gasteiger charge is -2.29. The summed E-state index contributed by atoms with van der Waals surface area (Å²) in [4.78, 5) is 0. The maximum Gasteiger partial charge on any atom is 0.0337 e. The Kier molecular flexibility index (Phi) is 3.08. The summed E-state index contributed by atoms with van der Waals surface area (Å²) >= 11 is 0. The van der Waals surface area contributed by atoms with Crippen molar-refractivity contribution in [2.24, 2.45) is 5.73 Å². The number of benzene rings is 1. The van der Waals surface area contributed by atoms with Crippen molar-refractivity contribution in [2.45, 2.75) is 38.8 Å². The molecule has 3 N–H and O–H groups in total. The molecule has 0 amide bonds. The van der Waals surface area contributed by atoms with Gasteiger partial charge in [-0.05, 0) is 44.4 Å². The van der Waals surface area contributed by atoms with Gasteiger partial charge in [-0.2, -0.15) is 0 Å². The van der Waals surface area contributed by atoms with Gasteiger partial charge < -0.3 is 11.1 Å². The van der Waals surface area contributed by atoms with Crippen LogP contribution in [-0.4, -0.2) is 12.6 Å². The average Bonchev–Trinajstić information content (AvgIpc) is 2.17. The molecule has 0 bridgehead atoms. The molecule has 1 fully saturated rings. The molecule has 0 saturated carbocycles. The maximum absolute atomic E-state index is 6.00. The van der Waals surface area contributed by atoms with E-state index in [2.05, 4.69) is 37.4 Å². The van der Waals surface area contributed by atoms with Gasteiger partial charge in [-0.15, -0.1) is 0 Å². The highest BCUT2D eigenvalue weighted by Gasteiger charge is 2.20. The number of nitrogens with one attached hydrogen (secondary N) is 1. The molecule has 0 radical (unpaired) electrons. The smallest absolute Gasteiger partial charge is 0.0337 e. The molecule has 15 heavy (non-hydrogen) atoms. The lowest BCUT2D eigenvalue weighted by Crippen LogP contribution is -2.38. The second-order valence-corrected chi connectivity index (χ2v) is 4.65. The van der Waals surface area contributed by atoms with Crippen molar-refractivity contribution in [3.05, 3.63) is 34.9 Å². The first kappa shape index (κ1) is 10.7. The minimum absolute atomic E-state index is 0.358. The SMILES string of the molecule is Cc1ccc(C2CC(N)CCN2)c(C)c1. The first-order valence-electron chi connectivity index (χ1n) is 5.73. The Morgan fingerprint density at radius 3 is 2.80 bits per heavy atom. The normalized spacial score (nSPS) is 26.6. The number of rotatable bonds is 1. The van der Waals surface area contributed by atoms with Crippen LogP contribution in [0.2, 0.25) is 0 Å². The predicted molar refractivity (Wildman–Crippen MR) is 63.9 cm³/mol. The van der Waals surface area contributed by atoms with Gasteiger partial charge in [0.05, 0.1) is 0 Å². The zero-order valence-corrected chi connectivity index (χ0v) is 9.59. The molecule has 2 rings (SSSR count). The van der Waals surface area contributed by atoms with Crippen molar-refractivity contribution in [1.29, 1.82) is 0 Å². The number of aryl methyl sites for hydroxylation is 2. The van der Waals surface area contributed by atoms with Crippen LogP contribution < -0.4 is 11.1 Å². The van der Waals surface area contributed by atoms with E-state index in [0.29, 0.717) is 12.1 Å². The van der Waals surface area contributed by atoms with Gasteiger partial charge in [-0.1, -0.05) is 23.8 Å². The van der Waals surface area contributed by atoms with Crippen molar-refractivity contribution >= 4 is 0 Å². The zero-order chi connectivity index (χ0) is 10.8. The Balaban J connectivity index is 2.21. The summed E-state index contributed by atoms with van der Waals surface area (Å²) in [5.74, 6) is 0. The molecule has 1 aliphatic heterocycles. The highest BCUT2D eigenvalue weighted by molar-refractivity contribution is 5.33. The number of nitrogens with two attached hydrogens (primary N) is 1. The second-order valence-electron chi connectivity index (χ2n) is 4.65. The van der Waals surface area contributed by atoms with Crippen molar-refractivity contribution < 1.29 is 0 Å². The lowest BCUT2D eigenvalue weighted by molar-refractivity contribution is 0.368. The van der Waals surface area contributed by atoms with Crippen LogP contribution in [0.4, 0.5) is 0 Å². The maximum atomic E-state index is 6.00. The Hall–Kier alpha value is -0.860. The average molecular weight is 204 g/mol.